The SMILES string of the molecule is COCCC(CCl)NCc1cc(OC)cc(C)n1. The number of ether oxygens (including phenoxy) is 2. The molecule has 0 saturated heterocycles. The van der Waals surface area contributed by atoms with Gasteiger partial charge in [0.25, 0.3) is 0 Å². The lowest BCUT2D eigenvalue weighted by molar-refractivity contribution is 0.185. The lowest BCUT2D eigenvalue weighted by atomic mass is 10.2. The van der Waals surface area contributed by atoms with Crippen LogP contribution in [0.3, 0.4) is 0 Å². The van der Waals surface area contributed by atoms with E-state index in [9.17, 15) is 0 Å². The summed E-state index contributed by atoms with van der Waals surface area (Å²) >= 11 is 5.90. The number of nitrogens with one attached hydrogen (secondary N) is 1. The van der Waals surface area contributed by atoms with E-state index in [1.54, 1.807) is 14.2 Å². The maximum absolute atomic E-state index is 5.90. The van der Waals surface area contributed by atoms with Crippen LogP contribution in [0.5, 0.6) is 5.75 Å². The van der Waals surface area contributed by atoms with Crippen LogP contribution in [-0.2, 0) is 11.3 Å². The number of pyridine rings is 1. The summed E-state index contributed by atoms with van der Waals surface area (Å²) in [5, 5.41) is 3.37. The van der Waals surface area contributed by atoms with Crippen LogP contribution in [0.15, 0.2) is 12.1 Å². The zero-order valence-corrected chi connectivity index (χ0v) is 12.0. The monoisotopic (exact) mass is 272 g/mol. The van der Waals surface area contributed by atoms with E-state index in [-0.39, 0.29) is 6.04 Å². The molecule has 0 radical (unpaired) electrons. The molecule has 1 aromatic rings. The number of aromatic nitrogens is 1. The van der Waals surface area contributed by atoms with E-state index in [4.69, 9.17) is 21.1 Å². The highest BCUT2D eigenvalue weighted by Crippen LogP contribution is 2.13. The first kappa shape index (κ1) is 15.2. The minimum atomic E-state index is 0.236. The Hall–Kier alpha value is -0.840. The van der Waals surface area contributed by atoms with Gasteiger partial charge in [-0.15, -0.1) is 11.6 Å². The number of hydrogen-bond acceptors (Lipinski definition) is 4. The Bertz CT molecular complexity index is 361. The second-order valence-corrected chi connectivity index (χ2v) is 4.46. The fraction of sp³-hybridized carbons (Fsp3) is 0.615. The van der Waals surface area contributed by atoms with Gasteiger partial charge in [-0.3, -0.25) is 4.98 Å². The minimum Gasteiger partial charge on any atom is -0.497 e. The van der Waals surface area contributed by atoms with Crippen LogP contribution in [0.1, 0.15) is 17.8 Å². The number of aryl methyl sites for hydroxylation is 1. The predicted octanol–water partition coefficient (Wildman–Crippen LogP) is 2.13. The molecular weight excluding hydrogens is 252 g/mol. The van der Waals surface area contributed by atoms with Crippen molar-refractivity contribution >= 4 is 11.6 Å². The van der Waals surface area contributed by atoms with E-state index in [0.29, 0.717) is 19.0 Å². The predicted molar refractivity (Wildman–Crippen MR) is 73.4 cm³/mol. The fourth-order valence-corrected chi connectivity index (χ4v) is 1.92. The van der Waals surface area contributed by atoms with E-state index in [2.05, 4.69) is 10.3 Å². The van der Waals surface area contributed by atoms with Crippen molar-refractivity contribution in [3.63, 3.8) is 0 Å². The van der Waals surface area contributed by atoms with Crippen molar-refractivity contribution in [2.45, 2.75) is 25.9 Å². The van der Waals surface area contributed by atoms with Crippen molar-refractivity contribution in [2.24, 2.45) is 0 Å². The first-order valence-corrected chi connectivity index (χ1v) is 6.53. The van der Waals surface area contributed by atoms with E-state index >= 15 is 0 Å². The summed E-state index contributed by atoms with van der Waals surface area (Å²) in [6, 6.07) is 4.08. The van der Waals surface area contributed by atoms with Crippen molar-refractivity contribution < 1.29 is 9.47 Å². The molecular formula is C13H21ClN2O2. The average Bonchev–Trinajstić information content (AvgIpc) is 2.38. The van der Waals surface area contributed by atoms with Crippen LogP contribution in [0.2, 0.25) is 0 Å². The second kappa shape index (κ2) is 8.29. The molecule has 4 nitrogen and oxygen atoms in total. The number of hydrogen-bond donors (Lipinski definition) is 1. The summed E-state index contributed by atoms with van der Waals surface area (Å²) < 4.78 is 10.3. The van der Waals surface area contributed by atoms with Gasteiger partial charge in [0, 0.05) is 50.0 Å². The molecule has 0 aromatic carbocycles. The molecule has 0 bridgehead atoms. The molecule has 102 valence electrons. The standard InChI is InChI=1S/C13H21ClN2O2/c1-10-6-13(18-3)7-12(16-10)9-15-11(8-14)4-5-17-2/h6-7,11,15H,4-5,8-9H2,1-3H3. The van der Waals surface area contributed by atoms with E-state index < -0.39 is 0 Å². The normalized spacial score (nSPS) is 12.4. The number of nitrogens with zero attached hydrogens (tertiary/aromatic N) is 1. The Kier molecular flexibility index (Phi) is 7.01. The summed E-state index contributed by atoms with van der Waals surface area (Å²) in [5.41, 5.74) is 1.91. The molecule has 1 rings (SSSR count). The Morgan fingerprint density at radius 1 is 1.39 bits per heavy atom. The molecule has 0 aliphatic rings. The molecule has 0 saturated carbocycles. The zero-order valence-electron chi connectivity index (χ0n) is 11.2. The van der Waals surface area contributed by atoms with Gasteiger partial charge in [-0.05, 0) is 13.3 Å². The van der Waals surface area contributed by atoms with Gasteiger partial charge >= 0.3 is 0 Å². The number of alkyl halides is 1. The van der Waals surface area contributed by atoms with E-state index in [1.165, 1.54) is 0 Å². The van der Waals surface area contributed by atoms with E-state index in [0.717, 1.165) is 23.6 Å². The third-order valence-electron chi connectivity index (χ3n) is 2.64. The second-order valence-electron chi connectivity index (χ2n) is 4.15. The highest BCUT2D eigenvalue weighted by molar-refractivity contribution is 6.18. The van der Waals surface area contributed by atoms with Crippen molar-refractivity contribution in [2.75, 3.05) is 26.7 Å². The molecule has 0 amide bonds. The topological polar surface area (TPSA) is 43.4 Å². The smallest absolute Gasteiger partial charge is 0.122 e. The number of methoxy groups -OCH3 is 2. The molecule has 18 heavy (non-hydrogen) atoms. The maximum Gasteiger partial charge on any atom is 0.122 e. The summed E-state index contributed by atoms with van der Waals surface area (Å²) in [7, 11) is 3.35. The molecule has 1 unspecified atom stereocenters. The molecule has 0 aliphatic heterocycles. The van der Waals surface area contributed by atoms with Gasteiger partial charge in [-0.2, -0.15) is 0 Å². The van der Waals surface area contributed by atoms with Crippen LogP contribution < -0.4 is 10.1 Å². The first-order chi connectivity index (χ1) is 8.69. The fourth-order valence-electron chi connectivity index (χ4n) is 1.65. The van der Waals surface area contributed by atoms with Crippen molar-refractivity contribution in [3.8, 4) is 5.75 Å². The van der Waals surface area contributed by atoms with Crippen molar-refractivity contribution in [1.29, 1.82) is 0 Å². The van der Waals surface area contributed by atoms with Crippen molar-refractivity contribution in [1.82, 2.24) is 10.3 Å². The highest BCUT2D eigenvalue weighted by Gasteiger charge is 2.07. The molecule has 5 heteroatoms. The van der Waals surface area contributed by atoms with Gasteiger partial charge < -0.3 is 14.8 Å². The molecule has 1 aromatic heterocycles. The lowest BCUT2D eigenvalue weighted by Crippen LogP contribution is -2.31. The zero-order chi connectivity index (χ0) is 13.4. The van der Waals surface area contributed by atoms with Gasteiger partial charge in [0.2, 0.25) is 0 Å². The van der Waals surface area contributed by atoms with Crippen molar-refractivity contribution in [3.05, 3.63) is 23.5 Å². The lowest BCUT2D eigenvalue weighted by Gasteiger charge is -2.15. The molecule has 1 N–H and O–H groups in total. The Labute approximate surface area is 114 Å². The van der Waals surface area contributed by atoms with Crippen LogP contribution in [0.4, 0.5) is 0 Å². The molecule has 1 atom stereocenters. The molecule has 0 spiro atoms. The van der Waals surface area contributed by atoms with Gasteiger partial charge in [0.15, 0.2) is 0 Å². The molecule has 0 fully saturated rings. The van der Waals surface area contributed by atoms with Crippen LogP contribution in [0, 0.1) is 6.92 Å². The summed E-state index contributed by atoms with van der Waals surface area (Å²) in [4.78, 5) is 4.45. The number of rotatable bonds is 8. The Morgan fingerprint density at radius 3 is 2.78 bits per heavy atom. The number of halogens is 1. The first-order valence-electron chi connectivity index (χ1n) is 5.99. The van der Waals surface area contributed by atoms with Gasteiger partial charge in [-0.1, -0.05) is 0 Å². The average molecular weight is 273 g/mol. The molecule has 0 aliphatic carbocycles. The van der Waals surface area contributed by atoms with Gasteiger partial charge in [0.05, 0.1) is 12.8 Å². The van der Waals surface area contributed by atoms with E-state index in [1.807, 2.05) is 19.1 Å². The maximum atomic E-state index is 5.90. The third-order valence-corrected chi connectivity index (χ3v) is 3.02. The Morgan fingerprint density at radius 2 is 2.17 bits per heavy atom. The highest BCUT2D eigenvalue weighted by atomic mass is 35.5. The van der Waals surface area contributed by atoms with Gasteiger partial charge in [-0.25, -0.2) is 0 Å². The van der Waals surface area contributed by atoms with Crippen LogP contribution in [-0.4, -0.2) is 37.7 Å². The molecule has 1 heterocycles. The quantitative estimate of drug-likeness (QED) is 0.737. The summed E-state index contributed by atoms with van der Waals surface area (Å²) in [5.74, 6) is 1.39. The largest absolute Gasteiger partial charge is 0.497 e. The Balaban J connectivity index is 2.53. The third kappa shape index (κ3) is 5.21. The summed E-state index contributed by atoms with van der Waals surface area (Å²) in [6.07, 6.45) is 0.892. The van der Waals surface area contributed by atoms with Crippen LogP contribution in [0.25, 0.3) is 0 Å². The van der Waals surface area contributed by atoms with Gasteiger partial charge in [0.1, 0.15) is 5.75 Å². The minimum absolute atomic E-state index is 0.236. The van der Waals surface area contributed by atoms with Crippen LogP contribution >= 0.6 is 11.6 Å². The summed E-state index contributed by atoms with van der Waals surface area (Å²) in [6.45, 7) is 3.34.